The van der Waals surface area contributed by atoms with Gasteiger partial charge in [0, 0.05) is 13.0 Å². The summed E-state index contributed by atoms with van der Waals surface area (Å²) in [6.07, 6.45) is 3.30. The van der Waals surface area contributed by atoms with E-state index in [0.29, 0.717) is 25.8 Å². The van der Waals surface area contributed by atoms with Gasteiger partial charge in [0.15, 0.2) is 0 Å². The molecular weight excluding hydrogens is 220 g/mol. The van der Waals surface area contributed by atoms with Crippen molar-refractivity contribution in [2.75, 3.05) is 6.54 Å². The number of hydrogen-bond acceptors (Lipinski definition) is 3. The molecule has 0 heterocycles. The van der Waals surface area contributed by atoms with Crippen LogP contribution in [0.25, 0.3) is 0 Å². The molecule has 0 aliphatic rings. The van der Waals surface area contributed by atoms with Crippen LogP contribution in [0.2, 0.25) is 0 Å². The fourth-order valence-corrected chi connectivity index (χ4v) is 1.56. The average Bonchev–Trinajstić information content (AvgIpc) is 2.22. The van der Waals surface area contributed by atoms with Crippen molar-refractivity contribution in [1.29, 1.82) is 0 Å². The van der Waals surface area contributed by atoms with Crippen molar-refractivity contribution in [1.82, 2.24) is 5.32 Å². The number of carbonyl (C=O) groups excluding carboxylic acids is 3. The van der Waals surface area contributed by atoms with Gasteiger partial charge in [0.05, 0.1) is 5.92 Å². The molecule has 5 nitrogen and oxygen atoms in total. The molecule has 0 aromatic carbocycles. The quantitative estimate of drug-likeness (QED) is 0.462. The van der Waals surface area contributed by atoms with Crippen LogP contribution >= 0.6 is 0 Å². The van der Waals surface area contributed by atoms with Crippen LogP contribution in [0.5, 0.6) is 0 Å². The molecule has 17 heavy (non-hydrogen) atoms. The Kier molecular flexibility index (Phi) is 8.01. The van der Waals surface area contributed by atoms with Gasteiger partial charge in [0.25, 0.3) is 0 Å². The summed E-state index contributed by atoms with van der Waals surface area (Å²) in [4.78, 5) is 33.1. The van der Waals surface area contributed by atoms with E-state index < -0.39 is 11.8 Å². The zero-order valence-electron chi connectivity index (χ0n) is 10.6. The lowest BCUT2D eigenvalue weighted by atomic mass is 9.97. The first-order valence-corrected chi connectivity index (χ1v) is 6.05. The Bertz CT molecular complexity index is 263. The summed E-state index contributed by atoms with van der Waals surface area (Å²) >= 11 is 0. The van der Waals surface area contributed by atoms with Gasteiger partial charge in [-0.1, -0.05) is 13.3 Å². The van der Waals surface area contributed by atoms with Gasteiger partial charge in [-0.25, -0.2) is 0 Å². The van der Waals surface area contributed by atoms with Crippen molar-refractivity contribution in [3.63, 3.8) is 0 Å². The van der Waals surface area contributed by atoms with Crippen LogP contribution in [0, 0.1) is 5.92 Å². The maximum Gasteiger partial charge on any atom is 0.227 e. The normalized spacial score (nSPS) is 11.9. The molecular formula is C12H22N2O3. The zero-order chi connectivity index (χ0) is 13.3. The van der Waals surface area contributed by atoms with E-state index >= 15 is 0 Å². The monoisotopic (exact) mass is 242 g/mol. The Morgan fingerprint density at radius 3 is 2.35 bits per heavy atom. The predicted octanol–water partition coefficient (Wildman–Crippen LogP) is 0.764. The predicted molar refractivity (Wildman–Crippen MR) is 65.1 cm³/mol. The highest BCUT2D eigenvalue weighted by Crippen LogP contribution is 2.08. The van der Waals surface area contributed by atoms with E-state index in [-0.39, 0.29) is 11.7 Å². The van der Waals surface area contributed by atoms with Gasteiger partial charge in [-0.15, -0.1) is 0 Å². The molecule has 0 saturated heterocycles. The number of nitrogens with one attached hydrogen (secondary N) is 1. The number of hydrogen-bond donors (Lipinski definition) is 2. The fourth-order valence-electron chi connectivity index (χ4n) is 1.56. The summed E-state index contributed by atoms with van der Waals surface area (Å²) < 4.78 is 0. The third-order valence-corrected chi connectivity index (χ3v) is 2.55. The second kappa shape index (κ2) is 8.73. The van der Waals surface area contributed by atoms with Crippen molar-refractivity contribution in [3.05, 3.63) is 0 Å². The topological polar surface area (TPSA) is 89.3 Å². The maximum atomic E-state index is 11.1. The highest BCUT2D eigenvalue weighted by molar-refractivity contribution is 5.99. The van der Waals surface area contributed by atoms with Gasteiger partial charge in [0.2, 0.25) is 11.8 Å². The molecule has 0 aromatic rings. The number of nitrogens with two attached hydrogens (primary N) is 1. The van der Waals surface area contributed by atoms with E-state index in [1.807, 2.05) is 6.92 Å². The number of amides is 2. The molecule has 0 radical (unpaired) electrons. The van der Waals surface area contributed by atoms with Gasteiger partial charge in [0.1, 0.15) is 5.78 Å². The summed E-state index contributed by atoms with van der Waals surface area (Å²) in [5.41, 5.74) is 5.11. The van der Waals surface area contributed by atoms with Gasteiger partial charge in [-0.2, -0.15) is 0 Å². The number of primary amides is 1. The molecule has 0 rings (SSSR count). The van der Waals surface area contributed by atoms with Crippen molar-refractivity contribution in [3.8, 4) is 0 Å². The van der Waals surface area contributed by atoms with E-state index in [1.54, 1.807) is 0 Å². The third-order valence-electron chi connectivity index (χ3n) is 2.55. The second-order valence-electron chi connectivity index (χ2n) is 4.16. The van der Waals surface area contributed by atoms with Crippen molar-refractivity contribution < 1.29 is 14.4 Å². The first-order valence-electron chi connectivity index (χ1n) is 6.05. The molecule has 0 aliphatic carbocycles. The standard InChI is InChI=1S/C12H22N2O3/c1-3-6-11(16)14-8-5-4-7-10(9(2)15)12(13)17/h10H,3-8H2,1-2H3,(H2,13,17)(H,14,16). The maximum absolute atomic E-state index is 11.1. The highest BCUT2D eigenvalue weighted by atomic mass is 16.2. The molecule has 0 aromatic heterocycles. The van der Waals surface area contributed by atoms with Crippen LogP contribution in [0.15, 0.2) is 0 Å². The molecule has 3 N–H and O–H groups in total. The van der Waals surface area contributed by atoms with E-state index in [0.717, 1.165) is 12.8 Å². The van der Waals surface area contributed by atoms with Crippen molar-refractivity contribution in [2.45, 2.75) is 46.0 Å². The van der Waals surface area contributed by atoms with E-state index in [2.05, 4.69) is 5.32 Å². The molecule has 1 unspecified atom stereocenters. The molecule has 1 atom stereocenters. The smallest absolute Gasteiger partial charge is 0.227 e. The SMILES string of the molecule is CCCC(=O)NCCCCC(C(C)=O)C(N)=O. The molecule has 0 saturated carbocycles. The minimum absolute atomic E-state index is 0.0468. The van der Waals surface area contributed by atoms with Gasteiger partial charge >= 0.3 is 0 Å². The first-order chi connectivity index (χ1) is 7.99. The summed E-state index contributed by atoms with van der Waals surface area (Å²) in [5, 5.41) is 2.78. The Balaban J connectivity index is 3.66. The number of carbonyl (C=O) groups is 3. The third kappa shape index (κ3) is 7.49. The second-order valence-corrected chi connectivity index (χ2v) is 4.16. The van der Waals surface area contributed by atoms with Crippen LogP contribution < -0.4 is 11.1 Å². The van der Waals surface area contributed by atoms with Crippen LogP contribution in [0.4, 0.5) is 0 Å². The number of Topliss-reactive ketones (excluding diaryl/α,β-unsaturated/α-hetero) is 1. The Labute approximate surface area is 102 Å². The van der Waals surface area contributed by atoms with Gasteiger partial charge < -0.3 is 11.1 Å². The highest BCUT2D eigenvalue weighted by Gasteiger charge is 2.19. The largest absolute Gasteiger partial charge is 0.369 e. The van der Waals surface area contributed by atoms with Crippen LogP contribution in [-0.2, 0) is 14.4 Å². The summed E-state index contributed by atoms with van der Waals surface area (Å²) in [7, 11) is 0. The summed E-state index contributed by atoms with van der Waals surface area (Å²) in [5.74, 6) is -1.38. The molecule has 5 heteroatoms. The molecule has 98 valence electrons. The lowest BCUT2D eigenvalue weighted by molar-refractivity contribution is -0.131. The molecule has 0 bridgehead atoms. The van der Waals surface area contributed by atoms with Gasteiger partial charge in [-0.3, -0.25) is 14.4 Å². The minimum atomic E-state index is -0.679. The van der Waals surface area contributed by atoms with E-state index in [4.69, 9.17) is 5.73 Å². The first kappa shape index (κ1) is 15.6. The van der Waals surface area contributed by atoms with Crippen LogP contribution in [0.3, 0.4) is 0 Å². The van der Waals surface area contributed by atoms with Crippen molar-refractivity contribution in [2.24, 2.45) is 11.7 Å². The Hall–Kier alpha value is -1.39. The van der Waals surface area contributed by atoms with Crippen molar-refractivity contribution >= 4 is 17.6 Å². The van der Waals surface area contributed by atoms with Crippen LogP contribution in [-0.4, -0.2) is 24.1 Å². The lowest BCUT2D eigenvalue weighted by Crippen LogP contribution is -2.29. The number of rotatable bonds is 9. The Morgan fingerprint density at radius 2 is 1.88 bits per heavy atom. The van der Waals surface area contributed by atoms with E-state index in [1.165, 1.54) is 6.92 Å². The summed E-state index contributed by atoms with van der Waals surface area (Å²) in [6, 6.07) is 0. The molecule has 0 spiro atoms. The molecule has 2 amide bonds. The zero-order valence-corrected chi connectivity index (χ0v) is 10.6. The van der Waals surface area contributed by atoms with Crippen LogP contribution in [0.1, 0.15) is 46.0 Å². The van der Waals surface area contributed by atoms with Gasteiger partial charge in [-0.05, 0) is 26.2 Å². The number of ketones is 1. The molecule has 0 aliphatic heterocycles. The number of unbranched alkanes of at least 4 members (excludes halogenated alkanes) is 1. The lowest BCUT2D eigenvalue weighted by Gasteiger charge is -2.09. The fraction of sp³-hybridized carbons (Fsp3) is 0.750. The minimum Gasteiger partial charge on any atom is -0.369 e. The Morgan fingerprint density at radius 1 is 1.24 bits per heavy atom. The van der Waals surface area contributed by atoms with E-state index in [9.17, 15) is 14.4 Å². The summed E-state index contributed by atoms with van der Waals surface area (Å²) in [6.45, 7) is 3.91. The average molecular weight is 242 g/mol. The molecule has 0 fully saturated rings.